The first-order valence-corrected chi connectivity index (χ1v) is 13.2. The van der Waals surface area contributed by atoms with Gasteiger partial charge in [-0.05, 0) is 73.7 Å². The first kappa shape index (κ1) is 24.6. The highest BCUT2D eigenvalue weighted by atomic mass is 32.2. The molecule has 1 fully saturated rings. The molecule has 1 aliphatic carbocycles. The third-order valence-corrected chi connectivity index (χ3v) is 7.37. The molecule has 3 aromatic carbocycles. The molecule has 1 unspecified atom stereocenters. The summed E-state index contributed by atoms with van der Waals surface area (Å²) in [6, 6.07) is 22.8. The van der Waals surface area contributed by atoms with E-state index in [2.05, 4.69) is 15.4 Å². The van der Waals surface area contributed by atoms with Crippen molar-refractivity contribution in [2.45, 2.75) is 49.6 Å². The maximum absolute atomic E-state index is 12.5. The van der Waals surface area contributed by atoms with E-state index in [1.807, 2.05) is 49.4 Å². The zero-order valence-electron chi connectivity index (χ0n) is 19.5. The van der Waals surface area contributed by atoms with Crippen molar-refractivity contribution in [2.24, 2.45) is 0 Å². The number of anilines is 1. The van der Waals surface area contributed by atoms with E-state index in [0.29, 0.717) is 17.7 Å². The van der Waals surface area contributed by atoms with E-state index < -0.39 is 10.0 Å². The molecule has 7 nitrogen and oxygen atoms in total. The third kappa shape index (κ3) is 7.00. The number of sulfonamides is 1. The number of carbonyl (C=O) groups is 2. The lowest BCUT2D eigenvalue weighted by Crippen LogP contribution is -2.27. The van der Waals surface area contributed by atoms with Crippen molar-refractivity contribution < 1.29 is 18.0 Å². The molecular formula is C27H29N3O4S. The second-order valence-electron chi connectivity index (χ2n) is 8.77. The van der Waals surface area contributed by atoms with E-state index in [4.69, 9.17) is 0 Å². The number of hydrogen-bond acceptors (Lipinski definition) is 4. The molecule has 8 heteroatoms. The van der Waals surface area contributed by atoms with Crippen LogP contribution in [0.4, 0.5) is 5.69 Å². The van der Waals surface area contributed by atoms with Crippen LogP contribution in [0.25, 0.3) is 0 Å². The molecule has 0 heterocycles. The molecule has 0 spiro atoms. The van der Waals surface area contributed by atoms with Crippen molar-refractivity contribution in [3.8, 4) is 0 Å². The second-order valence-corrected chi connectivity index (χ2v) is 10.5. The Morgan fingerprint density at radius 2 is 1.66 bits per heavy atom. The van der Waals surface area contributed by atoms with Gasteiger partial charge in [-0.15, -0.1) is 0 Å². The highest BCUT2D eigenvalue weighted by Crippen LogP contribution is 2.22. The number of benzene rings is 3. The van der Waals surface area contributed by atoms with E-state index in [9.17, 15) is 18.0 Å². The standard InChI is InChI=1S/C27H29N3O4S/c1-19(22-8-5-9-24(18-22)29-27(32)21-6-3-2-4-7-21)28-26(31)17-12-20-10-15-25(16-11-20)35(33,34)30-23-13-14-23/h2-11,15-16,18-19,23,30H,12-14,17H2,1H3,(H,28,31)(H,29,32). The van der Waals surface area contributed by atoms with Gasteiger partial charge in [0.25, 0.3) is 5.91 Å². The zero-order valence-corrected chi connectivity index (χ0v) is 20.3. The largest absolute Gasteiger partial charge is 0.350 e. The molecule has 3 aromatic rings. The van der Waals surface area contributed by atoms with E-state index >= 15 is 0 Å². The number of carbonyl (C=O) groups excluding carboxylic acids is 2. The fraction of sp³-hybridized carbons (Fsp3) is 0.259. The van der Waals surface area contributed by atoms with Gasteiger partial charge in [0.15, 0.2) is 0 Å². The minimum absolute atomic E-state index is 0.0613. The molecule has 2 amide bonds. The summed E-state index contributed by atoms with van der Waals surface area (Å²) in [4.78, 5) is 25.2. The van der Waals surface area contributed by atoms with E-state index in [1.54, 1.807) is 36.4 Å². The molecule has 4 rings (SSSR count). The zero-order chi connectivity index (χ0) is 24.8. The predicted molar refractivity (Wildman–Crippen MR) is 136 cm³/mol. The van der Waals surface area contributed by atoms with Crippen LogP contribution in [0.3, 0.4) is 0 Å². The fourth-order valence-electron chi connectivity index (χ4n) is 3.66. The van der Waals surface area contributed by atoms with E-state index in [-0.39, 0.29) is 35.2 Å². The molecule has 0 aromatic heterocycles. The summed E-state index contributed by atoms with van der Waals surface area (Å²) < 4.78 is 27.2. The van der Waals surface area contributed by atoms with Crippen LogP contribution >= 0.6 is 0 Å². The summed E-state index contributed by atoms with van der Waals surface area (Å²) in [6.45, 7) is 1.89. The molecule has 1 saturated carbocycles. The van der Waals surface area contributed by atoms with Gasteiger partial charge in [-0.1, -0.05) is 42.5 Å². The molecule has 3 N–H and O–H groups in total. The van der Waals surface area contributed by atoms with Crippen LogP contribution < -0.4 is 15.4 Å². The number of hydrogen-bond donors (Lipinski definition) is 3. The monoisotopic (exact) mass is 491 g/mol. The smallest absolute Gasteiger partial charge is 0.255 e. The summed E-state index contributed by atoms with van der Waals surface area (Å²) >= 11 is 0. The molecule has 0 bridgehead atoms. The SMILES string of the molecule is CC(NC(=O)CCc1ccc(S(=O)(=O)NC2CC2)cc1)c1cccc(NC(=O)c2ccccc2)c1. The van der Waals surface area contributed by atoms with Crippen molar-refractivity contribution in [2.75, 3.05) is 5.32 Å². The quantitative estimate of drug-likeness (QED) is 0.396. The van der Waals surface area contributed by atoms with Crippen molar-refractivity contribution in [3.05, 3.63) is 95.6 Å². The number of nitrogens with one attached hydrogen (secondary N) is 3. The summed E-state index contributed by atoms with van der Waals surface area (Å²) in [5, 5.41) is 5.87. The molecule has 0 aliphatic heterocycles. The molecule has 1 aliphatic rings. The lowest BCUT2D eigenvalue weighted by molar-refractivity contribution is -0.121. The van der Waals surface area contributed by atoms with Gasteiger partial charge < -0.3 is 10.6 Å². The van der Waals surface area contributed by atoms with Crippen LogP contribution in [0.5, 0.6) is 0 Å². The average molecular weight is 492 g/mol. The topological polar surface area (TPSA) is 104 Å². The Morgan fingerprint density at radius 3 is 2.34 bits per heavy atom. The summed E-state index contributed by atoms with van der Waals surface area (Å²) in [5.41, 5.74) is 3.00. The van der Waals surface area contributed by atoms with Crippen LogP contribution in [0, 0.1) is 0 Å². The van der Waals surface area contributed by atoms with E-state index in [0.717, 1.165) is 24.0 Å². The maximum Gasteiger partial charge on any atom is 0.255 e. The first-order chi connectivity index (χ1) is 16.8. The fourth-order valence-corrected chi connectivity index (χ4v) is 4.96. The summed E-state index contributed by atoms with van der Waals surface area (Å²) in [5.74, 6) is -0.301. The first-order valence-electron chi connectivity index (χ1n) is 11.7. The van der Waals surface area contributed by atoms with Gasteiger partial charge >= 0.3 is 0 Å². The van der Waals surface area contributed by atoms with Crippen LogP contribution in [0.1, 0.15) is 53.7 Å². The van der Waals surface area contributed by atoms with Gasteiger partial charge in [0.05, 0.1) is 10.9 Å². The van der Waals surface area contributed by atoms with Gasteiger partial charge in [0.1, 0.15) is 0 Å². The minimum atomic E-state index is -3.47. The molecule has 182 valence electrons. The summed E-state index contributed by atoms with van der Waals surface area (Å²) in [7, 11) is -3.47. The minimum Gasteiger partial charge on any atom is -0.350 e. The Bertz CT molecular complexity index is 1290. The van der Waals surface area contributed by atoms with Gasteiger partial charge in [-0.25, -0.2) is 13.1 Å². The van der Waals surface area contributed by atoms with Crippen molar-refractivity contribution in [3.63, 3.8) is 0 Å². The Kier molecular flexibility index (Phi) is 7.63. The van der Waals surface area contributed by atoms with Crippen LogP contribution in [0.15, 0.2) is 83.8 Å². The number of aryl methyl sites for hydroxylation is 1. The Balaban J connectivity index is 1.28. The van der Waals surface area contributed by atoms with Crippen molar-refractivity contribution >= 4 is 27.5 Å². The average Bonchev–Trinajstić information content (AvgIpc) is 3.67. The molecular weight excluding hydrogens is 462 g/mol. The van der Waals surface area contributed by atoms with Crippen LogP contribution in [-0.2, 0) is 21.2 Å². The van der Waals surface area contributed by atoms with Crippen molar-refractivity contribution in [1.29, 1.82) is 0 Å². The Hall–Kier alpha value is -3.49. The van der Waals surface area contributed by atoms with Gasteiger partial charge in [0, 0.05) is 23.7 Å². The number of rotatable bonds is 10. The Labute approximate surface area is 206 Å². The highest BCUT2D eigenvalue weighted by molar-refractivity contribution is 7.89. The van der Waals surface area contributed by atoms with Gasteiger partial charge in [-0.3, -0.25) is 9.59 Å². The maximum atomic E-state index is 12.5. The lowest BCUT2D eigenvalue weighted by Gasteiger charge is -2.16. The lowest BCUT2D eigenvalue weighted by atomic mass is 10.1. The highest BCUT2D eigenvalue weighted by Gasteiger charge is 2.27. The molecule has 0 radical (unpaired) electrons. The van der Waals surface area contributed by atoms with E-state index in [1.165, 1.54) is 0 Å². The molecule has 1 atom stereocenters. The molecule has 35 heavy (non-hydrogen) atoms. The van der Waals surface area contributed by atoms with Gasteiger partial charge in [0.2, 0.25) is 15.9 Å². The Morgan fingerprint density at radius 1 is 0.943 bits per heavy atom. The number of amides is 2. The van der Waals surface area contributed by atoms with Crippen LogP contribution in [0.2, 0.25) is 0 Å². The van der Waals surface area contributed by atoms with Crippen LogP contribution in [-0.4, -0.2) is 26.3 Å². The predicted octanol–water partition coefficient (Wildman–Crippen LogP) is 4.19. The second kappa shape index (κ2) is 10.8. The summed E-state index contributed by atoms with van der Waals surface area (Å²) in [6.07, 6.45) is 2.55. The van der Waals surface area contributed by atoms with Crippen molar-refractivity contribution in [1.82, 2.24) is 10.0 Å². The van der Waals surface area contributed by atoms with Gasteiger partial charge in [-0.2, -0.15) is 0 Å². The molecule has 0 saturated heterocycles. The normalized spacial score (nSPS) is 14.2. The third-order valence-electron chi connectivity index (χ3n) is 5.83.